The third-order valence-corrected chi connectivity index (χ3v) is 2.66. The van der Waals surface area contributed by atoms with E-state index in [1.54, 1.807) is 13.8 Å². The summed E-state index contributed by atoms with van der Waals surface area (Å²) in [5, 5.41) is 31.2. The van der Waals surface area contributed by atoms with E-state index in [2.05, 4.69) is 5.32 Å². The Labute approximate surface area is 106 Å². The number of aliphatic hydroxyl groups excluding tert-OH is 3. The minimum Gasteiger partial charge on any atom is -0.394 e. The monoisotopic (exact) mass is 263 g/mol. The normalized spacial score (nSPS) is 36.7. The lowest BCUT2D eigenvalue weighted by Gasteiger charge is -2.42. The largest absolute Gasteiger partial charge is 0.394 e. The van der Waals surface area contributed by atoms with Crippen LogP contribution < -0.4 is 5.32 Å². The van der Waals surface area contributed by atoms with Crippen molar-refractivity contribution in [3.05, 3.63) is 0 Å². The molecule has 5 atom stereocenters. The molecule has 0 radical (unpaired) electrons. The van der Waals surface area contributed by atoms with E-state index >= 15 is 0 Å². The van der Waals surface area contributed by atoms with Crippen LogP contribution in [0.1, 0.15) is 20.8 Å². The average Bonchev–Trinajstić information content (AvgIpc) is 2.27. The first-order valence-electron chi connectivity index (χ1n) is 5.91. The van der Waals surface area contributed by atoms with Gasteiger partial charge in [0.25, 0.3) is 0 Å². The molecule has 0 spiro atoms. The van der Waals surface area contributed by atoms with Crippen LogP contribution >= 0.6 is 0 Å². The van der Waals surface area contributed by atoms with Crippen LogP contribution in [-0.2, 0) is 14.3 Å². The maximum atomic E-state index is 11.1. The Bertz CT molecular complexity index is 285. The van der Waals surface area contributed by atoms with Gasteiger partial charge in [0.1, 0.15) is 24.4 Å². The van der Waals surface area contributed by atoms with Gasteiger partial charge < -0.3 is 30.1 Å². The molecule has 1 aliphatic heterocycles. The molecule has 0 aromatic heterocycles. The zero-order valence-electron chi connectivity index (χ0n) is 10.7. The van der Waals surface area contributed by atoms with Crippen LogP contribution in [0.25, 0.3) is 0 Å². The molecule has 18 heavy (non-hydrogen) atoms. The van der Waals surface area contributed by atoms with Gasteiger partial charge in [0, 0.05) is 6.92 Å². The molecule has 0 aromatic rings. The summed E-state index contributed by atoms with van der Waals surface area (Å²) >= 11 is 0. The second-order valence-corrected chi connectivity index (χ2v) is 4.62. The molecule has 1 rings (SSSR count). The topological polar surface area (TPSA) is 108 Å². The number of aliphatic hydroxyl groups is 3. The van der Waals surface area contributed by atoms with Crippen molar-refractivity contribution in [3.8, 4) is 0 Å². The van der Waals surface area contributed by atoms with E-state index in [1.807, 2.05) is 0 Å². The molecule has 1 heterocycles. The van der Waals surface area contributed by atoms with Crippen molar-refractivity contribution < 1.29 is 29.6 Å². The molecule has 7 heteroatoms. The maximum Gasteiger partial charge on any atom is 0.217 e. The molecule has 0 aliphatic carbocycles. The molecular weight excluding hydrogens is 242 g/mol. The van der Waals surface area contributed by atoms with Crippen LogP contribution in [-0.4, -0.2) is 64.6 Å². The highest BCUT2D eigenvalue weighted by Gasteiger charge is 2.45. The highest BCUT2D eigenvalue weighted by atomic mass is 16.7. The number of hydrogen-bond acceptors (Lipinski definition) is 6. The lowest BCUT2D eigenvalue weighted by Crippen LogP contribution is -2.64. The van der Waals surface area contributed by atoms with Gasteiger partial charge in [0.05, 0.1) is 12.7 Å². The molecule has 7 nitrogen and oxygen atoms in total. The van der Waals surface area contributed by atoms with E-state index in [-0.39, 0.29) is 12.0 Å². The minimum atomic E-state index is -1.28. The van der Waals surface area contributed by atoms with Crippen LogP contribution in [0.3, 0.4) is 0 Å². The minimum absolute atomic E-state index is 0.187. The summed E-state index contributed by atoms with van der Waals surface area (Å²) in [7, 11) is 0. The first-order chi connectivity index (χ1) is 8.36. The van der Waals surface area contributed by atoms with Gasteiger partial charge >= 0.3 is 0 Å². The molecule has 1 saturated heterocycles. The second-order valence-electron chi connectivity index (χ2n) is 4.62. The van der Waals surface area contributed by atoms with Gasteiger partial charge in [0.2, 0.25) is 5.91 Å². The number of rotatable bonds is 4. The number of carbonyl (C=O) groups excluding carboxylic acids is 1. The van der Waals surface area contributed by atoms with Gasteiger partial charge in [-0.1, -0.05) is 0 Å². The van der Waals surface area contributed by atoms with E-state index in [9.17, 15) is 15.0 Å². The van der Waals surface area contributed by atoms with Crippen LogP contribution in [0, 0.1) is 0 Å². The van der Waals surface area contributed by atoms with Crippen LogP contribution in [0.5, 0.6) is 0 Å². The second kappa shape index (κ2) is 6.44. The number of amides is 1. The molecular formula is C11H21NO6. The van der Waals surface area contributed by atoms with E-state index in [0.717, 1.165) is 0 Å². The Morgan fingerprint density at radius 3 is 2.44 bits per heavy atom. The molecule has 0 aromatic carbocycles. The van der Waals surface area contributed by atoms with E-state index < -0.39 is 37.3 Å². The lowest BCUT2D eigenvalue weighted by atomic mass is 9.97. The van der Waals surface area contributed by atoms with Crippen molar-refractivity contribution in [2.45, 2.75) is 57.5 Å². The highest BCUT2D eigenvalue weighted by molar-refractivity contribution is 5.73. The van der Waals surface area contributed by atoms with E-state index in [4.69, 9.17) is 14.6 Å². The van der Waals surface area contributed by atoms with Crippen molar-refractivity contribution in [1.82, 2.24) is 5.32 Å². The standard InChI is InChI=1S/C11H21NO6/c1-5(2)17-11-8(12-6(3)14)10(16)9(15)7(4-13)18-11/h5,7-11,13,15-16H,4H2,1-3H3,(H,12,14)/t7-,8+,9+,10-,11+/m0/s1. The molecule has 0 unspecified atom stereocenters. The van der Waals surface area contributed by atoms with E-state index in [0.29, 0.717) is 0 Å². The Balaban J connectivity index is 2.83. The number of ether oxygens (including phenoxy) is 2. The quantitative estimate of drug-likeness (QED) is 0.484. The predicted octanol–water partition coefficient (Wildman–Crippen LogP) is -1.64. The van der Waals surface area contributed by atoms with Gasteiger partial charge in [-0.05, 0) is 13.8 Å². The van der Waals surface area contributed by atoms with Gasteiger partial charge in [-0.15, -0.1) is 0 Å². The zero-order valence-corrected chi connectivity index (χ0v) is 10.7. The van der Waals surface area contributed by atoms with Crippen molar-refractivity contribution in [1.29, 1.82) is 0 Å². The van der Waals surface area contributed by atoms with Gasteiger partial charge in [-0.2, -0.15) is 0 Å². The summed E-state index contributed by atoms with van der Waals surface area (Å²) in [6, 6.07) is -0.873. The summed E-state index contributed by atoms with van der Waals surface area (Å²) in [5.41, 5.74) is 0. The first kappa shape index (κ1) is 15.3. The Kier molecular flexibility index (Phi) is 5.48. The number of hydrogen-bond donors (Lipinski definition) is 4. The lowest BCUT2D eigenvalue weighted by molar-refractivity contribution is -0.278. The molecule has 106 valence electrons. The Morgan fingerprint density at radius 2 is 2.00 bits per heavy atom. The van der Waals surface area contributed by atoms with Crippen LogP contribution in [0.4, 0.5) is 0 Å². The number of nitrogens with one attached hydrogen (secondary N) is 1. The SMILES string of the molecule is CC(=O)N[C@H]1[C@H](OC(C)C)O[C@@H](CO)[C@@H](O)[C@H]1O. The molecule has 0 bridgehead atoms. The molecule has 1 amide bonds. The fraction of sp³-hybridized carbons (Fsp3) is 0.909. The smallest absolute Gasteiger partial charge is 0.217 e. The summed E-state index contributed by atoms with van der Waals surface area (Å²) in [5.74, 6) is -0.366. The Morgan fingerprint density at radius 1 is 1.39 bits per heavy atom. The van der Waals surface area contributed by atoms with Gasteiger partial charge in [-0.3, -0.25) is 4.79 Å². The van der Waals surface area contributed by atoms with Crippen molar-refractivity contribution in [3.63, 3.8) is 0 Å². The van der Waals surface area contributed by atoms with Crippen molar-refractivity contribution in [2.75, 3.05) is 6.61 Å². The summed E-state index contributed by atoms with van der Waals surface area (Å²) in [6.45, 7) is 4.41. The molecule has 1 aliphatic rings. The summed E-state index contributed by atoms with van der Waals surface area (Å²) in [4.78, 5) is 11.1. The number of carbonyl (C=O) groups is 1. The predicted molar refractivity (Wildman–Crippen MR) is 61.6 cm³/mol. The highest BCUT2D eigenvalue weighted by Crippen LogP contribution is 2.22. The third-order valence-electron chi connectivity index (χ3n) is 2.66. The average molecular weight is 263 g/mol. The summed E-state index contributed by atoms with van der Waals surface area (Å²) in [6.07, 6.45) is -4.58. The van der Waals surface area contributed by atoms with Crippen LogP contribution in [0.2, 0.25) is 0 Å². The first-order valence-corrected chi connectivity index (χ1v) is 5.91. The Hall–Kier alpha value is -0.730. The van der Waals surface area contributed by atoms with Gasteiger partial charge in [0.15, 0.2) is 6.29 Å². The molecule has 4 N–H and O–H groups in total. The zero-order chi connectivity index (χ0) is 13.9. The molecule has 0 saturated carbocycles. The fourth-order valence-corrected chi connectivity index (χ4v) is 1.85. The third kappa shape index (κ3) is 3.63. The molecule has 1 fully saturated rings. The van der Waals surface area contributed by atoms with Crippen LogP contribution in [0.15, 0.2) is 0 Å². The van der Waals surface area contributed by atoms with E-state index in [1.165, 1.54) is 6.92 Å². The van der Waals surface area contributed by atoms with Crippen molar-refractivity contribution in [2.24, 2.45) is 0 Å². The van der Waals surface area contributed by atoms with Crippen molar-refractivity contribution >= 4 is 5.91 Å². The maximum absolute atomic E-state index is 11.1. The van der Waals surface area contributed by atoms with Gasteiger partial charge in [-0.25, -0.2) is 0 Å². The fourth-order valence-electron chi connectivity index (χ4n) is 1.85. The summed E-state index contributed by atoms with van der Waals surface area (Å²) < 4.78 is 10.8.